The second-order valence-electron chi connectivity index (χ2n) is 5.45. The van der Waals surface area contributed by atoms with Crippen molar-refractivity contribution in [2.75, 3.05) is 0 Å². The highest BCUT2D eigenvalue weighted by Crippen LogP contribution is 2.33. The Labute approximate surface area is 115 Å². The Balaban J connectivity index is 1.61. The minimum atomic E-state index is 0.567. The van der Waals surface area contributed by atoms with Crippen molar-refractivity contribution < 1.29 is 0 Å². The summed E-state index contributed by atoms with van der Waals surface area (Å²) in [5.41, 5.74) is 1.16. The molecule has 1 saturated carbocycles. The molecule has 0 spiro atoms. The first-order chi connectivity index (χ1) is 8.74. The molecule has 1 fully saturated rings. The van der Waals surface area contributed by atoms with Gasteiger partial charge in [0.15, 0.2) is 0 Å². The van der Waals surface area contributed by atoms with E-state index < -0.39 is 0 Å². The Morgan fingerprint density at radius 1 is 1.44 bits per heavy atom. The maximum absolute atomic E-state index is 3.96. The average molecular weight is 267 g/mol. The Kier molecular flexibility index (Phi) is 5.57. The number of hydrogen-bond acceptors (Lipinski definition) is 3. The van der Waals surface area contributed by atoms with Gasteiger partial charge in [-0.15, -0.1) is 0 Å². The summed E-state index contributed by atoms with van der Waals surface area (Å²) in [6.45, 7) is 5.54. The molecule has 3 nitrogen and oxygen atoms in total. The van der Waals surface area contributed by atoms with Crippen molar-refractivity contribution in [3.63, 3.8) is 0 Å². The first-order valence-electron chi connectivity index (χ1n) is 7.11. The first kappa shape index (κ1) is 13.9. The molecule has 0 radical (unpaired) electrons. The van der Waals surface area contributed by atoms with Gasteiger partial charge in [-0.1, -0.05) is 19.8 Å². The van der Waals surface area contributed by atoms with Gasteiger partial charge in [0.1, 0.15) is 0 Å². The fraction of sp³-hybridized carbons (Fsp3) is 0.786. The zero-order valence-electron chi connectivity index (χ0n) is 11.5. The Morgan fingerprint density at radius 3 is 2.89 bits per heavy atom. The van der Waals surface area contributed by atoms with Crippen molar-refractivity contribution in [2.24, 2.45) is 0 Å². The molecule has 2 N–H and O–H groups in total. The second kappa shape index (κ2) is 7.19. The van der Waals surface area contributed by atoms with Gasteiger partial charge in [0.05, 0.1) is 0 Å². The van der Waals surface area contributed by atoms with Gasteiger partial charge in [-0.25, -0.2) is 0 Å². The zero-order chi connectivity index (χ0) is 12.8. The number of aromatic nitrogens is 2. The molecule has 0 bridgehead atoms. The summed E-state index contributed by atoms with van der Waals surface area (Å²) in [6.07, 6.45) is 8.81. The fourth-order valence-electron chi connectivity index (χ4n) is 2.66. The van der Waals surface area contributed by atoms with Gasteiger partial charge in [-0.2, -0.15) is 16.9 Å². The number of nitrogens with zero attached hydrogens (tertiary/aromatic N) is 1. The number of hydrogen-bond donors (Lipinski definition) is 2. The van der Waals surface area contributed by atoms with Gasteiger partial charge in [-0.05, 0) is 32.3 Å². The van der Waals surface area contributed by atoms with Crippen LogP contribution in [0.1, 0.15) is 51.6 Å². The number of aromatic amines is 1. The van der Waals surface area contributed by atoms with Crippen LogP contribution in [0, 0.1) is 0 Å². The van der Waals surface area contributed by atoms with Crippen LogP contribution >= 0.6 is 11.8 Å². The van der Waals surface area contributed by atoms with Crippen molar-refractivity contribution in [3.8, 4) is 0 Å². The number of nitrogens with one attached hydrogen (secondary N) is 2. The van der Waals surface area contributed by atoms with Gasteiger partial charge in [-0.3, -0.25) is 5.10 Å². The highest BCUT2D eigenvalue weighted by Gasteiger charge is 2.19. The van der Waals surface area contributed by atoms with E-state index in [2.05, 4.69) is 41.1 Å². The lowest BCUT2D eigenvalue weighted by Gasteiger charge is -2.20. The first-order valence-corrected chi connectivity index (χ1v) is 8.05. The van der Waals surface area contributed by atoms with Crippen LogP contribution < -0.4 is 5.32 Å². The summed E-state index contributed by atoms with van der Waals surface area (Å²) in [6, 6.07) is 2.59. The molecule has 0 aromatic carbocycles. The third kappa shape index (κ3) is 4.65. The Morgan fingerprint density at radius 2 is 2.22 bits per heavy atom. The Bertz CT molecular complexity index is 320. The molecular weight excluding hydrogens is 242 g/mol. The SMILES string of the molecule is CC(CC(C)SC1CCCC1)NCc1ccn[nH]1. The summed E-state index contributed by atoms with van der Waals surface area (Å²) in [5, 5.41) is 12.2. The van der Waals surface area contributed by atoms with Crippen LogP contribution in [0.2, 0.25) is 0 Å². The van der Waals surface area contributed by atoms with Gasteiger partial charge < -0.3 is 5.32 Å². The summed E-state index contributed by atoms with van der Waals surface area (Å²) >= 11 is 2.20. The predicted molar refractivity (Wildman–Crippen MR) is 78.8 cm³/mol. The molecule has 102 valence electrons. The molecule has 4 heteroatoms. The van der Waals surface area contributed by atoms with Crippen molar-refractivity contribution >= 4 is 11.8 Å². The van der Waals surface area contributed by atoms with E-state index in [4.69, 9.17) is 0 Å². The lowest BCUT2D eigenvalue weighted by Crippen LogP contribution is -2.28. The van der Waals surface area contributed by atoms with Crippen molar-refractivity contribution in [3.05, 3.63) is 18.0 Å². The molecule has 1 aromatic rings. The quantitative estimate of drug-likeness (QED) is 0.796. The van der Waals surface area contributed by atoms with E-state index in [1.54, 1.807) is 6.20 Å². The normalized spacial score (nSPS) is 20.1. The van der Waals surface area contributed by atoms with E-state index in [9.17, 15) is 0 Å². The average Bonchev–Trinajstić information content (AvgIpc) is 2.98. The molecule has 1 heterocycles. The predicted octanol–water partition coefficient (Wildman–Crippen LogP) is 3.34. The summed E-state index contributed by atoms with van der Waals surface area (Å²) < 4.78 is 0. The highest BCUT2D eigenvalue weighted by atomic mass is 32.2. The molecule has 0 saturated heterocycles. The van der Waals surface area contributed by atoms with Crippen molar-refractivity contribution in [2.45, 2.75) is 69.0 Å². The maximum Gasteiger partial charge on any atom is 0.0490 e. The summed E-state index contributed by atoms with van der Waals surface area (Å²) in [7, 11) is 0. The zero-order valence-corrected chi connectivity index (χ0v) is 12.3. The van der Waals surface area contributed by atoms with E-state index in [0.717, 1.165) is 22.7 Å². The molecule has 0 amide bonds. The molecule has 18 heavy (non-hydrogen) atoms. The van der Waals surface area contributed by atoms with Crippen molar-refractivity contribution in [1.29, 1.82) is 0 Å². The summed E-state index contributed by atoms with van der Waals surface area (Å²) in [5.74, 6) is 0. The fourth-order valence-corrected chi connectivity index (χ4v) is 4.32. The lowest BCUT2D eigenvalue weighted by molar-refractivity contribution is 0.508. The van der Waals surface area contributed by atoms with Crippen LogP contribution in [-0.2, 0) is 6.54 Å². The minimum absolute atomic E-state index is 0.567. The van der Waals surface area contributed by atoms with Crippen LogP contribution in [0.5, 0.6) is 0 Å². The molecule has 2 atom stereocenters. The van der Waals surface area contributed by atoms with E-state index in [-0.39, 0.29) is 0 Å². The topological polar surface area (TPSA) is 40.7 Å². The number of thioether (sulfide) groups is 1. The molecule has 1 aliphatic carbocycles. The van der Waals surface area contributed by atoms with Crippen LogP contribution in [-0.4, -0.2) is 26.7 Å². The highest BCUT2D eigenvalue weighted by molar-refractivity contribution is 8.00. The molecule has 1 aromatic heterocycles. The van der Waals surface area contributed by atoms with E-state index in [1.807, 2.05) is 6.07 Å². The lowest BCUT2D eigenvalue weighted by atomic mass is 10.2. The monoisotopic (exact) mass is 267 g/mol. The molecule has 1 aliphatic rings. The van der Waals surface area contributed by atoms with Gasteiger partial charge in [0.2, 0.25) is 0 Å². The van der Waals surface area contributed by atoms with E-state index in [1.165, 1.54) is 32.1 Å². The van der Waals surface area contributed by atoms with Gasteiger partial charge >= 0.3 is 0 Å². The van der Waals surface area contributed by atoms with Crippen LogP contribution in [0.15, 0.2) is 12.3 Å². The number of H-pyrrole nitrogens is 1. The molecule has 0 aliphatic heterocycles. The van der Waals surface area contributed by atoms with Gasteiger partial charge in [0, 0.05) is 35.0 Å². The largest absolute Gasteiger partial charge is 0.309 e. The standard InChI is InChI=1S/C14H25N3S/c1-11(15-10-13-7-8-16-17-13)9-12(2)18-14-5-3-4-6-14/h7-8,11-12,14-15H,3-6,9-10H2,1-2H3,(H,16,17). The van der Waals surface area contributed by atoms with Crippen LogP contribution in [0.4, 0.5) is 0 Å². The summed E-state index contributed by atoms with van der Waals surface area (Å²) in [4.78, 5) is 0. The van der Waals surface area contributed by atoms with Crippen LogP contribution in [0.25, 0.3) is 0 Å². The minimum Gasteiger partial charge on any atom is -0.309 e. The van der Waals surface area contributed by atoms with E-state index >= 15 is 0 Å². The van der Waals surface area contributed by atoms with Crippen LogP contribution in [0.3, 0.4) is 0 Å². The third-order valence-electron chi connectivity index (χ3n) is 3.61. The van der Waals surface area contributed by atoms with Crippen molar-refractivity contribution in [1.82, 2.24) is 15.5 Å². The maximum atomic E-state index is 3.96. The third-order valence-corrected chi connectivity index (χ3v) is 5.13. The smallest absolute Gasteiger partial charge is 0.0490 e. The second-order valence-corrected chi connectivity index (χ2v) is 7.20. The Hall–Kier alpha value is -0.480. The molecular formula is C14H25N3S. The van der Waals surface area contributed by atoms with E-state index in [0.29, 0.717) is 6.04 Å². The van der Waals surface area contributed by atoms with Gasteiger partial charge in [0.25, 0.3) is 0 Å². The molecule has 2 unspecified atom stereocenters. The number of rotatable bonds is 7. The molecule has 2 rings (SSSR count).